The first-order chi connectivity index (χ1) is 8.51. The van der Waals surface area contributed by atoms with E-state index >= 15 is 0 Å². The van der Waals surface area contributed by atoms with Crippen molar-refractivity contribution in [3.05, 3.63) is 0 Å². The first kappa shape index (κ1) is 13.9. The van der Waals surface area contributed by atoms with Gasteiger partial charge in [-0.2, -0.15) is 0 Å². The van der Waals surface area contributed by atoms with E-state index in [1.807, 2.05) is 0 Å². The van der Waals surface area contributed by atoms with Gasteiger partial charge in [-0.05, 0) is 43.9 Å². The van der Waals surface area contributed by atoms with E-state index in [1.54, 1.807) is 0 Å². The summed E-state index contributed by atoms with van der Waals surface area (Å²) in [5.74, 6) is 1.49. The van der Waals surface area contributed by atoms with E-state index < -0.39 is 5.54 Å². The summed E-state index contributed by atoms with van der Waals surface area (Å²) < 4.78 is 0. The van der Waals surface area contributed by atoms with Crippen LogP contribution in [0.15, 0.2) is 0 Å². The molecular weight excluding hydrogens is 224 g/mol. The fraction of sp³-hybridized carbons (Fsp3) is 0.933. The molecule has 3 N–H and O–H groups in total. The maximum absolute atomic E-state index is 12.4. The van der Waals surface area contributed by atoms with Crippen molar-refractivity contribution in [2.45, 2.75) is 76.8 Å². The lowest BCUT2D eigenvalue weighted by Crippen LogP contribution is -2.58. The van der Waals surface area contributed by atoms with Crippen LogP contribution in [0.4, 0.5) is 0 Å². The lowest BCUT2D eigenvalue weighted by atomic mass is 9.78. The Bertz CT molecular complexity index is 297. The number of hydrogen-bond acceptors (Lipinski definition) is 2. The lowest BCUT2D eigenvalue weighted by molar-refractivity contribution is -0.128. The lowest BCUT2D eigenvalue weighted by Gasteiger charge is -2.37. The topological polar surface area (TPSA) is 55.1 Å². The quantitative estimate of drug-likeness (QED) is 0.793. The summed E-state index contributed by atoms with van der Waals surface area (Å²) in [5.41, 5.74) is 5.70. The third kappa shape index (κ3) is 3.05. The van der Waals surface area contributed by atoms with E-state index in [1.165, 1.54) is 19.3 Å². The molecule has 0 aromatic heterocycles. The fourth-order valence-corrected chi connectivity index (χ4v) is 3.60. The Hall–Kier alpha value is -0.570. The van der Waals surface area contributed by atoms with Crippen LogP contribution in [-0.2, 0) is 4.79 Å². The molecule has 2 fully saturated rings. The molecule has 18 heavy (non-hydrogen) atoms. The average Bonchev–Trinajstić information content (AvgIpc) is 2.33. The molecule has 1 amide bonds. The summed E-state index contributed by atoms with van der Waals surface area (Å²) >= 11 is 0. The van der Waals surface area contributed by atoms with Gasteiger partial charge in [0.15, 0.2) is 0 Å². The largest absolute Gasteiger partial charge is 0.352 e. The predicted octanol–water partition coefficient (Wildman–Crippen LogP) is 2.59. The number of nitrogens with one attached hydrogen (secondary N) is 1. The SMILES string of the molecule is CC1CCC(NC(=O)C2(N)CCCCC2)C(C)C1. The summed E-state index contributed by atoms with van der Waals surface area (Å²) in [6.45, 7) is 4.56. The molecule has 0 saturated heterocycles. The maximum Gasteiger partial charge on any atom is 0.240 e. The Balaban J connectivity index is 1.90. The van der Waals surface area contributed by atoms with Gasteiger partial charge in [0.1, 0.15) is 0 Å². The number of carbonyl (C=O) groups is 1. The summed E-state index contributed by atoms with van der Waals surface area (Å²) in [5, 5.41) is 3.24. The normalized spacial score (nSPS) is 36.1. The van der Waals surface area contributed by atoms with E-state index in [4.69, 9.17) is 5.73 Å². The molecule has 3 heteroatoms. The molecule has 0 aromatic rings. The second kappa shape index (κ2) is 5.60. The van der Waals surface area contributed by atoms with E-state index in [0.29, 0.717) is 12.0 Å². The predicted molar refractivity (Wildman–Crippen MR) is 74.1 cm³/mol. The van der Waals surface area contributed by atoms with Crippen LogP contribution in [0, 0.1) is 11.8 Å². The Kier molecular flexibility index (Phi) is 4.31. The Labute approximate surface area is 111 Å². The second-order valence-corrected chi connectivity index (χ2v) is 6.69. The zero-order valence-corrected chi connectivity index (χ0v) is 11.9. The third-order valence-electron chi connectivity index (χ3n) is 4.95. The highest BCUT2D eigenvalue weighted by Gasteiger charge is 2.37. The van der Waals surface area contributed by atoms with Crippen LogP contribution in [0.2, 0.25) is 0 Å². The summed E-state index contributed by atoms with van der Waals surface area (Å²) in [4.78, 5) is 12.4. The molecule has 2 saturated carbocycles. The molecule has 0 bridgehead atoms. The monoisotopic (exact) mass is 252 g/mol. The zero-order valence-electron chi connectivity index (χ0n) is 11.9. The first-order valence-electron chi connectivity index (χ1n) is 7.61. The van der Waals surface area contributed by atoms with Gasteiger partial charge >= 0.3 is 0 Å². The van der Waals surface area contributed by atoms with Crippen molar-refractivity contribution in [2.24, 2.45) is 17.6 Å². The summed E-state index contributed by atoms with van der Waals surface area (Å²) in [6, 6.07) is 0.344. The summed E-state index contributed by atoms with van der Waals surface area (Å²) in [7, 11) is 0. The van der Waals surface area contributed by atoms with Gasteiger partial charge in [0.2, 0.25) is 5.91 Å². The average molecular weight is 252 g/mol. The standard InChI is InChI=1S/C15H28N2O/c1-11-6-7-13(12(2)10-11)17-14(18)15(16)8-4-3-5-9-15/h11-13H,3-10,16H2,1-2H3,(H,17,18). The number of carbonyl (C=O) groups excluding carboxylic acids is 1. The zero-order chi connectivity index (χ0) is 13.2. The molecule has 0 aromatic carbocycles. The highest BCUT2D eigenvalue weighted by molar-refractivity contribution is 5.86. The number of rotatable bonds is 2. The molecule has 3 atom stereocenters. The van der Waals surface area contributed by atoms with Crippen LogP contribution < -0.4 is 11.1 Å². The molecule has 2 aliphatic carbocycles. The van der Waals surface area contributed by atoms with Gasteiger partial charge in [-0.3, -0.25) is 4.79 Å². The molecule has 3 nitrogen and oxygen atoms in total. The molecule has 2 aliphatic rings. The molecule has 0 heterocycles. The maximum atomic E-state index is 12.4. The van der Waals surface area contributed by atoms with E-state index in [2.05, 4.69) is 19.2 Å². The van der Waals surface area contributed by atoms with Crippen LogP contribution in [0.5, 0.6) is 0 Å². The minimum Gasteiger partial charge on any atom is -0.352 e. The van der Waals surface area contributed by atoms with Crippen molar-refractivity contribution in [3.8, 4) is 0 Å². The highest BCUT2D eigenvalue weighted by atomic mass is 16.2. The first-order valence-corrected chi connectivity index (χ1v) is 7.61. The fourth-order valence-electron chi connectivity index (χ4n) is 3.60. The van der Waals surface area contributed by atoms with Gasteiger partial charge in [0.05, 0.1) is 5.54 Å². The van der Waals surface area contributed by atoms with Crippen molar-refractivity contribution >= 4 is 5.91 Å². The molecule has 2 rings (SSSR count). The van der Waals surface area contributed by atoms with Crippen LogP contribution in [0.1, 0.15) is 65.2 Å². The third-order valence-corrected chi connectivity index (χ3v) is 4.95. The van der Waals surface area contributed by atoms with E-state index in [-0.39, 0.29) is 5.91 Å². The van der Waals surface area contributed by atoms with Crippen LogP contribution in [0.3, 0.4) is 0 Å². The van der Waals surface area contributed by atoms with Gasteiger partial charge < -0.3 is 11.1 Å². The molecular formula is C15H28N2O. The summed E-state index contributed by atoms with van der Waals surface area (Å²) in [6.07, 6.45) is 8.71. The Morgan fingerprint density at radius 2 is 1.83 bits per heavy atom. The number of amides is 1. The van der Waals surface area contributed by atoms with Crippen molar-refractivity contribution in [1.82, 2.24) is 5.32 Å². The molecule has 104 valence electrons. The van der Waals surface area contributed by atoms with Crippen LogP contribution >= 0.6 is 0 Å². The number of nitrogens with two attached hydrogens (primary N) is 1. The molecule has 0 radical (unpaired) electrons. The van der Waals surface area contributed by atoms with Gasteiger partial charge in [0.25, 0.3) is 0 Å². The van der Waals surface area contributed by atoms with Crippen LogP contribution in [-0.4, -0.2) is 17.5 Å². The van der Waals surface area contributed by atoms with Gasteiger partial charge in [-0.15, -0.1) is 0 Å². The van der Waals surface area contributed by atoms with Crippen LogP contribution in [0.25, 0.3) is 0 Å². The van der Waals surface area contributed by atoms with Crippen molar-refractivity contribution in [1.29, 1.82) is 0 Å². The number of hydrogen-bond donors (Lipinski definition) is 2. The minimum absolute atomic E-state index is 0.105. The van der Waals surface area contributed by atoms with Gasteiger partial charge in [-0.1, -0.05) is 33.1 Å². The molecule has 0 spiro atoms. The van der Waals surface area contributed by atoms with Gasteiger partial charge in [-0.25, -0.2) is 0 Å². The molecule has 3 unspecified atom stereocenters. The van der Waals surface area contributed by atoms with Crippen molar-refractivity contribution in [3.63, 3.8) is 0 Å². The van der Waals surface area contributed by atoms with E-state index in [9.17, 15) is 4.79 Å². The van der Waals surface area contributed by atoms with Crippen molar-refractivity contribution < 1.29 is 4.79 Å². The Morgan fingerprint density at radius 3 is 2.44 bits per heavy atom. The Morgan fingerprint density at radius 1 is 1.17 bits per heavy atom. The van der Waals surface area contributed by atoms with Gasteiger partial charge in [0, 0.05) is 6.04 Å². The van der Waals surface area contributed by atoms with E-state index in [0.717, 1.165) is 38.0 Å². The highest BCUT2D eigenvalue weighted by Crippen LogP contribution is 2.30. The smallest absolute Gasteiger partial charge is 0.240 e. The minimum atomic E-state index is -0.582. The second-order valence-electron chi connectivity index (χ2n) is 6.69. The van der Waals surface area contributed by atoms with Crippen molar-refractivity contribution in [2.75, 3.05) is 0 Å². The molecule has 0 aliphatic heterocycles.